The lowest BCUT2D eigenvalue weighted by atomic mass is 9.67. The zero-order chi connectivity index (χ0) is 15.7. The van der Waals surface area contributed by atoms with Crippen molar-refractivity contribution < 1.29 is 5.11 Å². The first-order valence-corrected chi connectivity index (χ1v) is 8.41. The van der Waals surface area contributed by atoms with Crippen molar-refractivity contribution in [2.75, 3.05) is 6.54 Å². The van der Waals surface area contributed by atoms with Crippen LogP contribution in [0.4, 0.5) is 0 Å². The van der Waals surface area contributed by atoms with Gasteiger partial charge in [-0.15, -0.1) is 0 Å². The van der Waals surface area contributed by atoms with Crippen LogP contribution in [0, 0.1) is 0 Å². The molecule has 2 heteroatoms. The van der Waals surface area contributed by atoms with Gasteiger partial charge in [-0.25, -0.2) is 0 Å². The third-order valence-electron chi connectivity index (χ3n) is 5.16. The van der Waals surface area contributed by atoms with Gasteiger partial charge in [0.05, 0.1) is 0 Å². The lowest BCUT2D eigenvalue weighted by Gasteiger charge is -2.38. The van der Waals surface area contributed by atoms with Crippen LogP contribution in [0.1, 0.15) is 76.5 Å². The second-order valence-corrected chi connectivity index (χ2v) is 7.69. The third-order valence-corrected chi connectivity index (χ3v) is 5.16. The van der Waals surface area contributed by atoms with E-state index < -0.39 is 0 Å². The Balaban J connectivity index is 2.61. The van der Waals surface area contributed by atoms with Crippen LogP contribution >= 0.6 is 0 Å². The minimum atomic E-state index is -0.0472. The predicted molar refractivity (Wildman–Crippen MR) is 90.0 cm³/mol. The highest BCUT2D eigenvalue weighted by Crippen LogP contribution is 2.46. The normalized spacial score (nSPS) is 18.7. The molecule has 3 N–H and O–H groups in total. The first-order valence-electron chi connectivity index (χ1n) is 8.41. The van der Waals surface area contributed by atoms with Crippen molar-refractivity contribution in [1.82, 2.24) is 0 Å². The molecule has 0 aromatic heterocycles. The van der Waals surface area contributed by atoms with E-state index in [2.05, 4.69) is 39.8 Å². The summed E-state index contributed by atoms with van der Waals surface area (Å²) in [5.41, 5.74) is 9.59. The van der Waals surface area contributed by atoms with Crippen LogP contribution in [0.3, 0.4) is 0 Å². The molecule has 1 aliphatic rings. The maximum Gasteiger partial charge on any atom is 0.123 e. The van der Waals surface area contributed by atoms with Gasteiger partial charge in [-0.05, 0) is 35.8 Å². The maximum atomic E-state index is 10.9. The fraction of sp³-hybridized carbons (Fsp3) is 0.684. The molecule has 1 aromatic rings. The Kier molecular flexibility index (Phi) is 4.67. The Morgan fingerprint density at radius 1 is 1.14 bits per heavy atom. The number of aryl methyl sites for hydroxylation is 1. The summed E-state index contributed by atoms with van der Waals surface area (Å²) in [5.74, 6) is 0.493. The van der Waals surface area contributed by atoms with E-state index in [4.69, 9.17) is 5.73 Å². The molecule has 0 spiro atoms. The SMILES string of the molecule is CCc1cc(C(C)(C)C)c(O)c(C2(CN)CCCCC2)c1. The van der Waals surface area contributed by atoms with Crippen LogP contribution in [0.25, 0.3) is 0 Å². The Hall–Kier alpha value is -1.02. The number of nitrogens with two attached hydrogens (primary N) is 1. The van der Waals surface area contributed by atoms with E-state index in [0.717, 1.165) is 30.4 Å². The molecule has 0 radical (unpaired) electrons. The summed E-state index contributed by atoms with van der Waals surface area (Å²) in [7, 11) is 0. The number of hydrogen-bond donors (Lipinski definition) is 2. The van der Waals surface area contributed by atoms with Crippen LogP contribution in [0.2, 0.25) is 0 Å². The lowest BCUT2D eigenvalue weighted by Crippen LogP contribution is -2.37. The number of benzene rings is 1. The molecule has 0 heterocycles. The summed E-state index contributed by atoms with van der Waals surface area (Å²) in [5, 5.41) is 10.9. The molecule has 118 valence electrons. The van der Waals surface area contributed by atoms with E-state index >= 15 is 0 Å². The van der Waals surface area contributed by atoms with E-state index in [1.807, 2.05) is 0 Å². The molecule has 1 aromatic carbocycles. The quantitative estimate of drug-likeness (QED) is 0.865. The van der Waals surface area contributed by atoms with Crippen molar-refractivity contribution >= 4 is 0 Å². The summed E-state index contributed by atoms with van der Waals surface area (Å²) >= 11 is 0. The third kappa shape index (κ3) is 3.11. The van der Waals surface area contributed by atoms with Crippen molar-refractivity contribution in [3.63, 3.8) is 0 Å². The van der Waals surface area contributed by atoms with Crippen molar-refractivity contribution in [3.8, 4) is 5.75 Å². The highest BCUT2D eigenvalue weighted by molar-refractivity contribution is 5.51. The van der Waals surface area contributed by atoms with Crippen LogP contribution in [0.15, 0.2) is 12.1 Å². The second-order valence-electron chi connectivity index (χ2n) is 7.69. The van der Waals surface area contributed by atoms with Gasteiger partial charge in [0.15, 0.2) is 0 Å². The topological polar surface area (TPSA) is 46.2 Å². The largest absolute Gasteiger partial charge is 0.507 e. The summed E-state index contributed by atoms with van der Waals surface area (Å²) < 4.78 is 0. The Labute approximate surface area is 129 Å². The van der Waals surface area contributed by atoms with E-state index in [1.165, 1.54) is 24.8 Å². The minimum absolute atomic E-state index is 0.0203. The average molecular weight is 289 g/mol. The summed E-state index contributed by atoms with van der Waals surface area (Å²) in [6.07, 6.45) is 6.94. The van der Waals surface area contributed by atoms with Crippen molar-refractivity contribution in [2.24, 2.45) is 5.73 Å². The van der Waals surface area contributed by atoms with E-state index in [-0.39, 0.29) is 10.8 Å². The first kappa shape index (κ1) is 16.4. The highest BCUT2D eigenvalue weighted by atomic mass is 16.3. The second kappa shape index (κ2) is 6.00. The maximum absolute atomic E-state index is 10.9. The summed E-state index contributed by atoms with van der Waals surface area (Å²) in [6, 6.07) is 4.38. The molecule has 0 unspecified atom stereocenters. The first-order chi connectivity index (χ1) is 9.84. The molecule has 21 heavy (non-hydrogen) atoms. The standard InChI is InChI=1S/C19H31NO/c1-5-14-11-15(18(2,3)4)17(21)16(12-14)19(13-20)9-7-6-8-10-19/h11-12,21H,5-10,13,20H2,1-4H3. The van der Waals surface area contributed by atoms with Gasteiger partial charge in [0, 0.05) is 17.5 Å². The van der Waals surface area contributed by atoms with Crippen LogP contribution in [-0.4, -0.2) is 11.7 Å². The number of phenols is 1. The molecule has 1 aliphatic carbocycles. The zero-order valence-corrected chi connectivity index (χ0v) is 14.1. The van der Waals surface area contributed by atoms with Gasteiger partial charge in [0.2, 0.25) is 0 Å². The summed E-state index contributed by atoms with van der Waals surface area (Å²) in [6.45, 7) is 9.32. The van der Waals surface area contributed by atoms with Crippen LogP contribution < -0.4 is 5.73 Å². The van der Waals surface area contributed by atoms with Crippen molar-refractivity contribution in [1.29, 1.82) is 0 Å². The molecule has 2 rings (SSSR count). The lowest BCUT2D eigenvalue weighted by molar-refractivity contribution is 0.289. The molecule has 0 amide bonds. The molecule has 0 bridgehead atoms. The van der Waals surface area contributed by atoms with Gasteiger partial charge in [-0.2, -0.15) is 0 Å². The molecular weight excluding hydrogens is 258 g/mol. The van der Waals surface area contributed by atoms with E-state index in [9.17, 15) is 5.11 Å². The van der Waals surface area contributed by atoms with Crippen molar-refractivity contribution in [3.05, 3.63) is 28.8 Å². The number of rotatable bonds is 3. The summed E-state index contributed by atoms with van der Waals surface area (Å²) in [4.78, 5) is 0. The number of aromatic hydroxyl groups is 1. The Morgan fingerprint density at radius 2 is 1.76 bits per heavy atom. The molecule has 1 fully saturated rings. The average Bonchev–Trinajstić information content (AvgIpc) is 2.47. The molecule has 0 saturated heterocycles. The van der Waals surface area contributed by atoms with E-state index in [0.29, 0.717) is 12.3 Å². The van der Waals surface area contributed by atoms with Gasteiger partial charge < -0.3 is 10.8 Å². The zero-order valence-electron chi connectivity index (χ0n) is 14.1. The smallest absolute Gasteiger partial charge is 0.123 e. The van der Waals surface area contributed by atoms with Crippen LogP contribution in [-0.2, 0) is 17.3 Å². The predicted octanol–water partition coefficient (Wildman–Crippen LogP) is 4.41. The van der Waals surface area contributed by atoms with Crippen molar-refractivity contribution in [2.45, 2.75) is 77.0 Å². The van der Waals surface area contributed by atoms with Gasteiger partial charge in [0.1, 0.15) is 5.75 Å². The minimum Gasteiger partial charge on any atom is -0.507 e. The molecule has 0 aliphatic heterocycles. The van der Waals surface area contributed by atoms with Gasteiger partial charge >= 0.3 is 0 Å². The molecule has 2 nitrogen and oxygen atoms in total. The number of phenolic OH excluding ortho intramolecular Hbond substituents is 1. The highest BCUT2D eigenvalue weighted by Gasteiger charge is 2.36. The van der Waals surface area contributed by atoms with Crippen LogP contribution in [0.5, 0.6) is 5.75 Å². The number of hydrogen-bond acceptors (Lipinski definition) is 2. The Morgan fingerprint density at radius 3 is 2.24 bits per heavy atom. The monoisotopic (exact) mass is 289 g/mol. The van der Waals surface area contributed by atoms with Gasteiger partial charge in [-0.3, -0.25) is 0 Å². The fourth-order valence-electron chi connectivity index (χ4n) is 3.69. The fourth-order valence-corrected chi connectivity index (χ4v) is 3.69. The van der Waals surface area contributed by atoms with E-state index in [1.54, 1.807) is 0 Å². The molecule has 0 atom stereocenters. The molecule has 1 saturated carbocycles. The van der Waals surface area contributed by atoms with Gasteiger partial charge in [0.25, 0.3) is 0 Å². The molecular formula is C19H31NO. The Bertz CT molecular complexity index is 493. The van der Waals surface area contributed by atoms with Gasteiger partial charge in [-0.1, -0.05) is 59.1 Å².